The lowest BCUT2D eigenvalue weighted by Crippen LogP contribution is -1.96. The van der Waals surface area contributed by atoms with E-state index in [1.165, 1.54) is 39.2 Å². The number of aryl methyl sites for hydroxylation is 2. The number of hydrogen-bond acceptors (Lipinski definition) is 3. The van der Waals surface area contributed by atoms with Crippen LogP contribution in [0.5, 0.6) is 0 Å². The fourth-order valence-corrected chi connectivity index (χ4v) is 2.86. The van der Waals surface area contributed by atoms with Crippen LogP contribution in [-0.2, 0) is 0 Å². The standard InChI is InChI=1S/C15H17NOS/c1-8-6-9(2)11(4)14(10(8)3)13-7-18-15(16-13)12(5)17/h6-7H,1-5H3. The van der Waals surface area contributed by atoms with Crippen molar-refractivity contribution in [3.8, 4) is 11.3 Å². The molecular formula is C15H17NOS. The van der Waals surface area contributed by atoms with Crippen molar-refractivity contribution >= 4 is 17.1 Å². The molecule has 18 heavy (non-hydrogen) atoms. The molecule has 2 nitrogen and oxygen atoms in total. The Kier molecular flexibility index (Phi) is 3.35. The highest BCUT2D eigenvalue weighted by atomic mass is 32.1. The van der Waals surface area contributed by atoms with E-state index in [0.717, 1.165) is 5.69 Å². The second-order valence-electron chi connectivity index (χ2n) is 4.73. The minimum absolute atomic E-state index is 0.0333. The second-order valence-corrected chi connectivity index (χ2v) is 5.59. The van der Waals surface area contributed by atoms with Crippen molar-refractivity contribution in [1.82, 2.24) is 4.98 Å². The van der Waals surface area contributed by atoms with Crippen molar-refractivity contribution in [2.24, 2.45) is 0 Å². The van der Waals surface area contributed by atoms with E-state index in [2.05, 4.69) is 38.7 Å². The third kappa shape index (κ3) is 2.10. The Balaban J connectivity index is 2.66. The summed E-state index contributed by atoms with van der Waals surface area (Å²) in [4.78, 5) is 15.8. The Morgan fingerprint density at radius 3 is 2.11 bits per heavy atom. The van der Waals surface area contributed by atoms with E-state index < -0.39 is 0 Å². The Bertz CT molecular complexity index is 599. The molecule has 0 saturated carbocycles. The van der Waals surface area contributed by atoms with Crippen LogP contribution in [0.1, 0.15) is 39.0 Å². The van der Waals surface area contributed by atoms with E-state index in [4.69, 9.17) is 0 Å². The minimum Gasteiger partial charge on any atom is -0.292 e. The molecular weight excluding hydrogens is 242 g/mol. The van der Waals surface area contributed by atoms with Crippen LogP contribution in [0.3, 0.4) is 0 Å². The molecule has 1 aromatic carbocycles. The number of benzene rings is 1. The molecule has 0 bridgehead atoms. The number of thiazole rings is 1. The largest absolute Gasteiger partial charge is 0.292 e. The molecule has 0 aliphatic heterocycles. The smallest absolute Gasteiger partial charge is 0.188 e. The maximum atomic E-state index is 11.3. The van der Waals surface area contributed by atoms with Gasteiger partial charge in [-0.3, -0.25) is 4.79 Å². The van der Waals surface area contributed by atoms with Crippen molar-refractivity contribution in [2.45, 2.75) is 34.6 Å². The van der Waals surface area contributed by atoms with Crippen molar-refractivity contribution in [3.05, 3.63) is 38.7 Å². The maximum Gasteiger partial charge on any atom is 0.188 e. The summed E-state index contributed by atoms with van der Waals surface area (Å²) < 4.78 is 0. The number of Topliss-reactive ketones (excluding diaryl/α,β-unsaturated/α-hetero) is 1. The summed E-state index contributed by atoms with van der Waals surface area (Å²) >= 11 is 1.42. The summed E-state index contributed by atoms with van der Waals surface area (Å²) in [6, 6.07) is 2.20. The van der Waals surface area contributed by atoms with Crippen molar-refractivity contribution in [2.75, 3.05) is 0 Å². The fourth-order valence-electron chi connectivity index (χ4n) is 2.15. The predicted molar refractivity (Wildman–Crippen MR) is 76.5 cm³/mol. The molecule has 94 valence electrons. The quantitative estimate of drug-likeness (QED) is 0.755. The van der Waals surface area contributed by atoms with Crippen LogP contribution in [0.15, 0.2) is 11.4 Å². The molecule has 2 rings (SSSR count). The molecule has 0 saturated heterocycles. The van der Waals surface area contributed by atoms with Gasteiger partial charge in [0.25, 0.3) is 0 Å². The van der Waals surface area contributed by atoms with Crippen molar-refractivity contribution in [3.63, 3.8) is 0 Å². The van der Waals surface area contributed by atoms with Crippen LogP contribution in [0.25, 0.3) is 11.3 Å². The maximum absolute atomic E-state index is 11.3. The minimum atomic E-state index is 0.0333. The molecule has 1 heterocycles. The lowest BCUT2D eigenvalue weighted by molar-refractivity contribution is 0.101. The summed E-state index contributed by atoms with van der Waals surface area (Å²) in [6.45, 7) is 10.0. The molecule has 0 aliphatic carbocycles. The van der Waals surface area contributed by atoms with E-state index in [1.54, 1.807) is 6.92 Å². The number of carbonyl (C=O) groups is 1. The highest BCUT2D eigenvalue weighted by Gasteiger charge is 2.14. The van der Waals surface area contributed by atoms with Gasteiger partial charge in [-0.15, -0.1) is 11.3 Å². The first-order valence-electron chi connectivity index (χ1n) is 5.96. The highest BCUT2D eigenvalue weighted by Crippen LogP contribution is 2.32. The van der Waals surface area contributed by atoms with Crippen LogP contribution in [-0.4, -0.2) is 10.8 Å². The molecule has 0 N–H and O–H groups in total. The molecule has 1 aromatic heterocycles. The van der Waals surface area contributed by atoms with Gasteiger partial charge < -0.3 is 0 Å². The first kappa shape index (κ1) is 13.0. The number of nitrogens with zero attached hydrogens (tertiary/aromatic N) is 1. The molecule has 0 atom stereocenters. The summed E-state index contributed by atoms with van der Waals surface area (Å²) in [5, 5.41) is 2.56. The van der Waals surface area contributed by atoms with E-state index in [1.807, 2.05) is 5.38 Å². The van der Waals surface area contributed by atoms with Gasteiger partial charge in [-0.2, -0.15) is 0 Å². The Labute approximate surface area is 112 Å². The van der Waals surface area contributed by atoms with Gasteiger partial charge >= 0.3 is 0 Å². The lowest BCUT2D eigenvalue weighted by atomic mass is 9.93. The van der Waals surface area contributed by atoms with Crippen LogP contribution in [0.2, 0.25) is 0 Å². The van der Waals surface area contributed by atoms with Gasteiger partial charge in [0.15, 0.2) is 10.8 Å². The molecule has 0 aliphatic rings. The third-order valence-electron chi connectivity index (χ3n) is 3.43. The SMILES string of the molecule is CC(=O)c1nc(-c2c(C)c(C)cc(C)c2C)cs1. The molecule has 2 aromatic rings. The fraction of sp³-hybridized carbons (Fsp3) is 0.333. The second kappa shape index (κ2) is 4.65. The summed E-state index contributed by atoms with van der Waals surface area (Å²) in [5.41, 5.74) is 7.14. The van der Waals surface area contributed by atoms with Crippen LogP contribution < -0.4 is 0 Å². The number of ketones is 1. The van der Waals surface area contributed by atoms with Gasteiger partial charge in [0.05, 0.1) is 5.69 Å². The van der Waals surface area contributed by atoms with E-state index in [9.17, 15) is 4.79 Å². The molecule has 0 unspecified atom stereocenters. The van der Waals surface area contributed by atoms with Gasteiger partial charge in [0.1, 0.15) is 0 Å². The number of carbonyl (C=O) groups excluding carboxylic acids is 1. The first-order valence-corrected chi connectivity index (χ1v) is 6.84. The number of aromatic nitrogens is 1. The van der Waals surface area contributed by atoms with Gasteiger partial charge in [-0.25, -0.2) is 4.98 Å². The van der Waals surface area contributed by atoms with E-state index >= 15 is 0 Å². The summed E-state index contributed by atoms with van der Waals surface area (Å²) in [5.74, 6) is 0.0333. The summed E-state index contributed by atoms with van der Waals surface area (Å²) in [6.07, 6.45) is 0. The van der Waals surface area contributed by atoms with Gasteiger partial charge in [0, 0.05) is 17.9 Å². The normalized spacial score (nSPS) is 10.7. The molecule has 0 spiro atoms. The van der Waals surface area contributed by atoms with Crippen LogP contribution in [0, 0.1) is 27.7 Å². The Morgan fingerprint density at radius 1 is 1.11 bits per heavy atom. The average molecular weight is 259 g/mol. The Hall–Kier alpha value is -1.48. The Morgan fingerprint density at radius 2 is 1.67 bits per heavy atom. The summed E-state index contributed by atoms with van der Waals surface area (Å²) in [7, 11) is 0. The zero-order valence-corrected chi connectivity index (χ0v) is 12.2. The van der Waals surface area contributed by atoms with Crippen molar-refractivity contribution < 1.29 is 4.79 Å². The van der Waals surface area contributed by atoms with Crippen LogP contribution in [0.4, 0.5) is 0 Å². The van der Waals surface area contributed by atoms with Gasteiger partial charge in [-0.05, 0) is 49.9 Å². The van der Waals surface area contributed by atoms with Gasteiger partial charge in [0.2, 0.25) is 0 Å². The monoisotopic (exact) mass is 259 g/mol. The van der Waals surface area contributed by atoms with E-state index in [0.29, 0.717) is 5.01 Å². The zero-order chi connectivity index (χ0) is 13.4. The first-order chi connectivity index (χ1) is 8.41. The third-order valence-corrected chi connectivity index (χ3v) is 4.37. The lowest BCUT2D eigenvalue weighted by Gasteiger charge is -2.13. The molecule has 3 heteroatoms. The molecule has 0 radical (unpaired) electrons. The van der Waals surface area contributed by atoms with Crippen molar-refractivity contribution in [1.29, 1.82) is 0 Å². The topological polar surface area (TPSA) is 30.0 Å². The highest BCUT2D eigenvalue weighted by molar-refractivity contribution is 7.12. The number of rotatable bonds is 2. The number of hydrogen-bond donors (Lipinski definition) is 0. The molecule has 0 amide bonds. The van der Waals surface area contributed by atoms with E-state index in [-0.39, 0.29) is 5.78 Å². The molecule has 0 fully saturated rings. The average Bonchev–Trinajstić information content (AvgIpc) is 2.76. The van der Waals surface area contributed by atoms with Crippen LogP contribution >= 0.6 is 11.3 Å². The predicted octanol–water partition coefficient (Wildman–Crippen LogP) is 4.25. The van der Waals surface area contributed by atoms with Gasteiger partial charge in [-0.1, -0.05) is 6.07 Å². The zero-order valence-electron chi connectivity index (χ0n) is 11.4.